The smallest absolute Gasteiger partial charge is 0.316 e. The monoisotopic (exact) mass is 489 g/mol. The fraction of sp³-hybridized carbons (Fsp3) is 0.385. The Kier molecular flexibility index (Phi) is 5.13. The van der Waals surface area contributed by atoms with E-state index < -0.39 is 16.8 Å². The molecule has 4 aliphatic rings. The maximum atomic E-state index is 13.1. The van der Waals surface area contributed by atoms with Crippen LogP contribution in [-0.2, 0) is 19.2 Å². The number of benzene rings is 2. The fourth-order valence-corrected chi connectivity index (χ4v) is 6.42. The molecular formula is C26H23N3O7. The molecule has 2 aliphatic carbocycles. The number of nitrogens with zero attached hydrogens (tertiary/aromatic N) is 3. The number of imide groups is 1. The van der Waals surface area contributed by atoms with Gasteiger partial charge in [0.15, 0.2) is 0 Å². The van der Waals surface area contributed by atoms with E-state index in [1.165, 1.54) is 40.1 Å². The van der Waals surface area contributed by atoms with Crippen LogP contribution in [0.5, 0.6) is 5.75 Å². The molecule has 5 atom stereocenters. The number of fused-ring (bicyclic) bond motifs is 5. The van der Waals surface area contributed by atoms with Gasteiger partial charge in [0.1, 0.15) is 5.75 Å². The second-order valence-electron chi connectivity index (χ2n) is 9.99. The number of amides is 3. The van der Waals surface area contributed by atoms with Crippen molar-refractivity contribution in [2.75, 3.05) is 16.3 Å². The lowest BCUT2D eigenvalue weighted by molar-refractivity contribution is -0.384. The van der Waals surface area contributed by atoms with Crippen molar-refractivity contribution in [3.05, 3.63) is 58.6 Å². The molecule has 10 heteroatoms. The zero-order valence-corrected chi connectivity index (χ0v) is 19.2. The van der Waals surface area contributed by atoms with Crippen LogP contribution in [-0.4, -0.2) is 35.2 Å². The Morgan fingerprint density at radius 2 is 1.61 bits per heavy atom. The Bertz CT molecular complexity index is 1280. The van der Waals surface area contributed by atoms with Crippen molar-refractivity contribution in [1.82, 2.24) is 0 Å². The first-order valence-corrected chi connectivity index (χ1v) is 12.1. The maximum Gasteiger partial charge on any atom is 0.316 e. The number of nitro benzene ring substituents is 1. The van der Waals surface area contributed by atoms with Gasteiger partial charge in [-0.05, 0) is 55.4 Å². The van der Waals surface area contributed by atoms with Gasteiger partial charge >= 0.3 is 5.97 Å². The highest BCUT2D eigenvalue weighted by molar-refractivity contribution is 6.22. The second-order valence-corrected chi connectivity index (χ2v) is 9.99. The van der Waals surface area contributed by atoms with Gasteiger partial charge in [0, 0.05) is 36.9 Å². The first-order valence-electron chi connectivity index (χ1n) is 12.1. The third-order valence-electron chi connectivity index (χ3n) is 8.05. The molecule has 2 saturated heterocycles. The van der Waals surface area contributed by atoms with Crippen LogP contribution in [0.2, 0.25) is 0 Å². The Morgan fingerprint density at radius 1 is 0.944 bits per heavy atom. The lowest BCUT2D eigenvalue weighted by Crippen LogP contribution is -2.32. The van der Waals surface area contributed by atoms with Crippen LogP contribution >= 0.6 is 0 Å². The van der Waals surface area contributed by atoms with Crippen molar-refractivity contribution in [1.29, 1.82) is 0 Å². The summed E-state index contributed by atoms with van der Waals surface area (Å²) < 4.78 is 5.54. The number of non-ortho nitro benzene ring substituents is 1. The van der Waals surface area contributed by atoms with Crippen LogP contribution in [0.15, 0.2) is 48.5 Å². The minimum absolute atomic E-state index is 0.0508. The van der Waals surface area contributed by atoms with Crippen molar-refractivity contribution >= 4 is 40.8 Å². The van der Waals surface area contributed by atoms with Crippen LogP contribution in [0, 0.1) is 39.7 Å². The molecule has 6 rings (SSSR count). The van der Waals surface area contributed by atoms with E-state index in [2.05, 4.69) is 0 Å². The summed E-state index contributed by atoms with van der Waals surface area (Å²) in [4.78, 5) is 64.6. The quantitative estimate of drug-likeness (QED) is 0.208. The van der Waals surface area contributed by atoms with Crippen molar-refractivity contribution < 1.29 is 28.8 Å². The van der Waals surface area contributed by atoms with Gasteiger partial charge in [0.25, 0.3) is 5.69 Å². The topological polar surface area (TPSA) is 127 Å². The molecule has 0 radical (unpaired) electrons. The highest BCUT2D eigenvalue weighted by Crippen LogP contribution is 2.56. The van der Waals surface area contributed by atoms with Crippen LogP contribution in [0.3, 0.4) is 0 Å². The largest absolute Gasteiger partial charge is 0.426 e. The van der Waals surface area contributed by atoms with Crippen molar-refractivity contribution in [2.24, 2.45) is 29.6 Å². The average molecular weight is 489 g/mol. The zero-order valence-electron chi connectivity index (χ0n) is 19.2. The molecule has 2 saturated carbocycles. The molecule has 36 heavy (non-hydrogen) atoms. The fourth-order valence-electron chi connectivity index (χ4n) is 6.42. The predicted octanol–water partition coefficient (Wildman–Crippen LogP) is 3.09. The number of ether oxygens (including phenoxy) is 1. The Hall–Kier alpha value is -4.08. The van der Waals surface area contributed by atoms with E-state index in [-0.39, 0.29) is 65.8 Å². The molecule has 0 unspecified atom stereocenters. The lowest BCUT2D eigenvalue weighted by Gasteiger charge is -2.19. The summed E-state index contributed by atoms with van der Waals surface area (Å²) in [7, 11) is 0. The average Bonchev–Trinajstić information content (AvgIpc) is 3.63. The molecule has 2 aliphatic heterocycles. The SMILES string of the molecule is O=C(Oc1cccc(N2C(=O)[C@@H]3[C@H]4CC[C@@H](C4)[C@H]3C2=O)c1)[C@H]1CC(=O)N(c2ccc([N+](=O)[O-])cc2)C1. The number of hydrogen-bond acceptors (Lipinski definition) is 7. The molecule has 4 fully saturated rings. The summed E-state index contributed by atoms with van der Waals surface area (Å²) in [6.07, 6.45) is 2.89. The number of carbonyl (C=O) groups is 4. The van der Waals surface area contributed by atoms with E-state index in [0.717, 1.165) is 19.3 Å². The molecule has 184 valence electrons. The zero-order chi connectivity index (χ0) is 25.1. The van der Waals surface area contributed by atoms with Crippen LogP contribution in [0.25, 0.3) is 0 Å². The van der Waals surface area contributed by atoms with E-state index >= 15 is 0 Å². The van der Waals surface area contributed by atoms with E-state index in [1.54, 1.807) is 18.2 Å². The number of anilines is 2. The summed E-state index contributed by atoms with van der Waals surface area (Å²) in [5.74, 6) is -1.66. The number of nitro groups is 1. The Labute approximate surface area is 206 Å². The van der Waals surface area contributed by atoms with Gasteiger partial charge in [-0.15, -0.1) is 0 Å². The van der Waals surface area contributed by atoms with Crippen molar-refractivity contribution in [3.8, 4) is 5.75 Å². The van der Waals surface area contributed by atoms with E-state index in [1.807, 2.05) is 0 Å². The first-order chi connectivity index (χ1) is 17.3. The van der Waals surface area contributed by atoms with Gasteiger partial charge in [-0.3, -0.25) is 29.3 Å². The summed E-state index contributed by atoms with van der Waals surface area (Å²) in [6, 6.07) is 11.9. The molecule has 2 heterocycles. The van der Waals surface area contributed by atoms with Crippen LogP contribution < -0.4 is 14.5 Å². The third kappa shape index (κ3) is 3.47. The summed E-state index contributed by atoms with van der Waals surface area (Å²) >= 11 is 0. The summed E-state index contributed by atoms with van der Waals surface area (Å²) in [5.41, 5.74) is 0.764. The van der Waals surface area contributed by atoms with Gasteiger partial charge in [0.05, 0.1) is 28.4 Å². The highest BCUT2D eigenvalue weighted by atomic mass is 16.6. The number of esters is 1. The van der Waals surface area contributed by atoms with E-state index in [9.17, 15) is 29.3 Å². The second kappa shape index (κ2) is 8.25. The van der Waals surface area contributed by atoms with Crippen molar-refractivity contribution in [2.45, 2.75) is 25.7 Å². The van der Waals surface area contributed by atoms with Gasteiger partial charge in [0.2, 0.25) is 17.7 Å². The number of hydrogen-bond donors (Lipinski definition) is 0. The van der Waals surface area contributed by atoms with Gasteiger partial charge in [-0.25, -0.2) is 4.90 Å². The standard InChI is InChI=1S/C26H23N3O7/c30-21-11-16(13-27(21)17-6-8-18(9-7-17)29(34)35)26(33)36-20-3-1-2-19(12-20)28-24(31)22-14-4-5-15(10-14)23(22)25(28)32/h1-3,6-9,12,14-16,22-23H,4-5,10-11,13H2/t14-,15-,16-,22+,23+/m0/s1. The molecule has 3 amide bonds. The van der Waals surface area contributed by atoms with Crippen LogP contribution in [0.1, 0.15) is 25.7 Å². The van der Waals surface area contributed by atoms with Crippen molar-refractivity contribution in [3.63, 3.8) is 0 Å². The number of carbonyl (C=O) groups excluding carboxylic acids is 4. The molecule has 0 N–H and O–H groups in total. The van der Waals surface area contributed by atoms with Gasteiger partial charge < -0.3 is 9.64 Å². The maximum absolute atomic E-state index is 13.1. The molecule has 0 spiro atoms. The van der Waals surface area contributed by atoms with Crippen LogP contribution in [0.4, 0.5) is 17.1 Å². The van der Waals surface area contributed by atoms with E-state index in [4.69, 9.17) is 4.74 Å². The van der Waals surface area contributed by atoms with E-state index in [0.29, 0.717) is 11.4 Å². The highest BCUT2D eigenvalue weighted by Gasteiger charge is 2.61. The minimum Gasteiger partial charge on any atom is -0.426 e. The van der Waals surface area contributed by atoms with Gasteiger partial charge in [-0.2, -0.15) is 0 Å². The summed E-state index contributed by atoms with van der Waals surface area (Å²) in [5, 5.41) is 10.9. The number of rotatable bonds is 5. The Morgan fingerprint density at radius 3 is 2.25 bits per heavy atom. The molecule has 0 aromatic heterocycles. The molecule has 2 bridgehead atoms. The molecular weight excluding hydrogens is 466 g/mol. The minimum atomic E-state index is -0.721. The Balaban J connectivity index is 1.15. The summed E-state index contributed by atoms with van der Waals surface area (Å²) in [6.45, 7) is 0.0877. The third-order valence-corrected chi connectivity index (χ3v) is 8.05. The normalized spacial score (nSPS) is 28.7. The molecule has 2 aromatic rings. The lowest BCUT2D eigenvalue weighted by atomic mass is 9.81. The molecule has 10 nitrogen and oxygen atoms in total. The molecule has 2 aromatic carbocycles. The predicted molar refractivity (Wildman–Crippen MR) is 126 cm³/mol. The van der Waals surface area contributed by atoms with Gasteiger partial charge in [-0.1, -0.05) is 6.07 Å². The first kappa shape index (κ1) is 22.4.